The van der Waals surface area contributed by atoms with Gasteiger partial charge in [0.1, 0.15) is 17.8 Å². The highest BCUT2D eigenvalue weighted by molar-refractivity contribution is 7.13. The van der Waals surface area contributed by atoms with E-state index in [0.29, 0.717) is 29.5 Å². The number of nitrogens with zero attached hydrogens (tertiary/aromatic N) is 9. The van der Waals surface area contributed by atoms with Gasteiger partial charge in [-0.2, -0.15) is 0 Å². The molecule has 40 heavy (non-hydrogen) atoms. The molecule has 4 aromatic rings. The molecule has 1 amide bonds. The molecule has 0 bridgehead atoms. The highest BCUT2D eigenvalue weighted by Gasteiger charge is 2.35. The zero-order valence-corrected chi connectivity index (χ0v) is 22.8. The minimum atomic E-state index is -0.300. The van der Waals surface area contributed by atoms with Crippen LogP contribution in [0.4, 0.5) is 11.5 Å². The Labute approximate surface area is 235 Å². The summed E-state index contributed by atoms with van der Waals surface area (Å²) in [6.45, 7) is 5.41. The van der Waals surface area contributed by atoms with Crippen LogP contribution in [-0.2, 0) is 4.74 Å². The summed E-state index contributed by atoms with van der Waals surface area (Å²) < 4.78 is 9.63. The molecule has 13 heteroatoms. The monoisotopic (exact) mass is 558 g/mol. The number of nitrogens with one attached hydrogen (secondary N) is 1. The number of pyridine rings is 1. The molecule has 4 aliphatic rings. The van der Waals surface area contributed by atoms with Crippen molar-refractivity contribution in [1.29, 1.82) is 0 Å². The predicted octanol–water partition coefficient (Wildman–Crippen LogP) is 2.97. The van der Waals surface area contributed by atoms with Gasteiger partial charge in [0.25, 0.3) is 5.91 Å². The van der Waals surface area contributed by atoms with E-state index in [4.69, 9.17) is 4.74 Å². The van der Waals surface area contributed by atoms with Crippen LogP contribution in [0.5, 0.6) is 0 Å². The number of hydrogen-bond acceptors (Lipinski definition) is 10. The number of thiazole rings is 1. The predicted molar refractivity (Wildman–Crippen MR) is 149 cm³/mol. The molecule has 2 saturated heterocycles. The Kier molecular flexibility index (Phi) is 5.89. The Bertz CT molecular complexity index is 1540. The van der Waals surface area contributed by atoms with Crippen LogP contribution in [-0.4, -0.2) is 90.5 Å². The van der Waals surface area contributed by atoms with Crippen LogP contribution in [0.15, 0.2) is 36.5 Å². The fraction of sp³-hybridized carbons (Fsp3) is 0.481. The number of amides is 1. The minimum Gasteiger partial charge on any atom is -0.379 e. The Morgan fingerprint density at radius 1 is 1.02 bits per heavy atom. The third-order valence-corrected chi connectivity index (χ3v) is 9.02. The summed E-state index contributed by atoms with van der Waals surface area (Å²) in [6, 6.07) is 2.82. The molecule has 2 aliphatic heterocycles. The molecule has 2 saturated carbocycles. The first-order valence-electron chi connectivity index (χ1n) is 14.0. The highest BCUT2D eigenvalue weighted by Crippen LogP contribution is 2.40. The average molecular weight is 559 g/mol. The molecule has 8 rings (SSSR count). The van der Waals surface area contributed by atoms with E-state index in [0.717, 1.165) is 80.1 Å². The third-order valence-electron chi connectivity index (χ3n) is 8.19. The van der Waals surface area contributed by atoms with Crippen LogP contribution in [0.1, 0.15) is 53.8 Å². The van der Waals surface area contributed by atoms with Gasteiger partial charge in [0.05, 0.1) is 42.8 Å². The van der Waals surface area contributed by atoms with Crippen molar-refractivity contribution in [3.05, 3.63) is 47.9 Å². The van der Waals surface area contributed by atoms with Crippen molar-refractivity contribution in [3.8, 4) is 16.5 Å². The Hall–Kier alpha value is -3.68. The van der Waals surface area contributed by atoms with Gasteiger partial charge in [-0.3, -0.25) is 9.69 Å². The largest absolute Gasteiger partial charge is 0.379 e. The molecule has 4 fully saturated rings. The third kappa shape index (κ3) is 4.57. The topological polar surface area (TPSA) is 119 Å². The number of ether oxygens (including phenoxy) is 1. The number of hydrogen-bond donors (Lipinski definition) is 1. The molecule has 0 aromatic carbocycles. The van der Waals surface area contributed by atoms with Crippen LogP contribution in [0.2, 0.25) is 0 Å². The quantitative estimate of drug-likeness (QED) is 0.348. The molecule has 0 atom stereocenters. The van der Waals surface area contributed by atoms with Gasteiger partial charge in [0.15, 0.2) is 10.8 Å². The zero-order valence-electron chi connectivity index (χ0n) is 22.0. The van der Waals surface area contributed by atoms with Crippen LogP contribution in [0.3, 0.4) is 0 Å². The number of anilines is 2. The summed E-state index contributed by atoms with van der Waals surface area (Å²) in [5.74, 6) is 1.48. The number of rotatable bonds is 8. The number of aromatic nitrogens is 7. The van der Waals surface area contributed by atoms with E-state index in [2.05, 4.69) is 51.0 Å². The summed E-state index contributed by atoms with van der Waals surface area (Å²) in [5, 5.41) is 13.8. The normalized spacial score (nSPS) is 20.1. The first-order chi connectivity index (χ1) is 19.7. The zero-order chi connectivity index (χ0) is 26.6. The van der Waals surface area contributed by atoms with Crippen molar-refractivity contribution in [2.75, 3.05) is 49.6 Å². The molecule has 0 unspecified atom stereocenters. The van der Waals surface area contributed by atoms with E-state index in [1.165, 1.54) is 24.2 Å². The van der Waals surface area contributed by atoms with Crippen molar-refractivity contribution >= 4 is 28.7 Å². The Morgan fingerprint density at radius 2 is 1.88 bits per heavy atom. The van der Waals surface area contributed by atoms with Gasteiger partial charge in [-0.25, -0.2) is 15.0 Å². The van der Waals surface area contributed by atoms with Gasteiger partial charge in [-0.1, -0.05) is 0 Å². The van der Waals surface area contributed by atoms with Gasteiger partial charge >= 0.3 is 0 Å². The molecule has 4 aromatic heterocycles. The van der Waals surface area contributed by atoms with Gasteiger partial charge in [-0.05, 0) is 31.7 Å². The summed E-state index contributed by atoms with van der Waals surface area (Å²) in [4.78, 5) is 32.0. The van der Waals surface area contributed by atoms with Crippen molar-refractivity contribution in [2.45, 2.75) is 43.7 Å². The van der Waals surface area contributed by atoms with E-state index in [9.17, 15) is 4.79 Å². The number of imidazole rings is 1. The van der Waals surface area contributed by atoms with Gasteiger partial charge in [0.2, 0.25) is 0 Å². The summed E-state index contributed by atoms with van der Waals surface area (Å²) in [7, 11) is 0. The van der Waals surface area contributed by atoms with E-state index in [1.807, 2.05) is 28.5 Å². The molecule has 0 spiro atoms. The van der Waals surface area contributed by atoms with Gasteiger partial charge < -0.3 is 24.1 Å². The lowest BCUT2D eigenvalue weighted by molar-refractivity contribution is 0.0105. The summed E-state index contributed by atoms with van der Waals surface area (Å²) in [5.41, 5.74) is 3.37. The summed E-state index contributed by atoms with van der Waals surface area (Å²) in [6.07, 6.45) is 12.2. The van der Waals surface area contributed by atoms with Crippen molar-refractivity contribution < 1.29 is 9.53 Å². The second-order valence-corrected chi connectivity index (χ2v) is 11.9. The molecule has 2 aliphatic carbocycles. The molecular formula is C27H30N10O2S. The fourth-order valence-electron chi connectivity index (χ4n) is 5.53. The van der Waals surface area contributed by atoms with E-state index in [-0.39, 0.29) is 5.91 Å². The van der Waals surface area contributed by atoms with E-state index >= 15 is 0 Å². The minimum absolute atomic E-state index is 0.300. The number of carbonyl (C=O) groups excluding carboxylic acids is 1. The first-order valence-corrected chi connectivity index (χ1v) is 14.9. The smallest absolute Gasteiger partial charge is 0.275 e. The Balaban J connectivity index is 1.03. The lowest BCUT2D eigenvalue weighted by Crippen LogP contribution is -2.61. The lowest BCUT2D eigenvalue weighted by atomic mass is 10.0. The molecular weight excluding hydrogens is 528 g/mol. The van der Waals surface area contributed by atoms with Gasteiger partial charge in [0, 0.05) is 55.8 Å². The fourth-order valence-corrected chi connectivity index (χ4v) is 6.26. The molecule has 0 radical (unpaired) electrons. The first kappa shape index (κ1) is 24.1. The maximum Gasteiger partial charge on any atom is 0.275 e. The van der Waals surface area contributed by atoms with Crippen LogP contribution < -0.4 is 10.2 Å². The number of carbonyl (C=O) groups is 1. The van der Waals surface area contributed by atoms with Gasteiger partial charge in [-0.15, -0.1) is 21.5 Å². The average Bonchev–Trinajstić information content (AvgIpc) is 3.83. The second-order valence-electron chi connectivity index (χ2n) is 11.0. The number of morpholine rings is 1. The maximum absolute atomic E-state index is 13.3. The Morgan fingerprint density at radius 3 is 2.67 bits per heavy atom. The molecule has 1 N–H and O–H groups in total. The molecule has 6 heterocycles. The molecule has 12 nitrogen and oxygen atoms in total. The maximum atomic E-state index is 13.3. The second kappa shape index (κ2) is 9.75. The highest BCUT2D eigenvalue weighted by atomic mass is 32.1. The van der Waals surface area contributed by atoms with E-state index < -0.39 is 0 Å². The van der Waals surface area contributed by atoms with Crippen LogP contribution >= 0.6 is 11.3 Å². The molecule has 206 valence electrons. The van der Waals surface area contributed by atoms with Crippen molar-refractivity contribution in [2.24, 2.45) is 0 Å². The van der Waals surface area contributed by atoms with Crippen molar-refractivity contribution in [3.63, 3.8) is 0 Å². The van der Waals surface area contributed by atoms with E-state index in [1.54, 1.807) is 6.33 Å². The SMILES string of the molecule is O=C(Nc1csc(-c2nncn2C2CC2)n1)c1cc(-n2cnc(C3CC3)c2)c(N2CC(N3CCOCC3)C2)cn1. The lowest BCUT2D eigenvalue weighted by Gasteiger charge is -2.48. The van der Waals surface area contributed by atoms with Crippen LogP contribution in [0, 0.1) is 0 Å². The van der Waals surface area contributed by atoms with Crippen LogP contribution in [0.25, 0.3) is 16.5 Å². The van der Waals surface area contributed by atoms with Crippen molar-refractivity contribution in [1.82, 2.24) is 39.2 Å². The summed E-state index contributed by atoms with van der Waals surface area (Å²) >= 11 is 1.44. The standard InChI is InChI=1S/C27H30N10O2S/c38-26(31-24-14-40-27(32-24)25-33-30-16-37(25)18-3-4-18)20-9-22(36-13-21(29-15-36)17-1-2-17)23(10-28-20)35-11-19(12-35)34-5-7-39-8-6-34/h9-10,13-19H,1-8,11-12H2,(H,31,38).